The topological polar surface area (TPSA) is 86.7 Å². The van der Waals surface area contributed by atoms with Crippen molar-refractivity contribution in [2.45, 2.75) is 56.0 Å². The van der Waals surface area contributed by atoms with Crippen molar-refractivity contribution in [2.75, 3.05) is 6.26 Å². The van der Waals surface area contributed by atoms with E-state index < -0.39 is 70.7 Å². The molecule has 3 fully saturated rings. The molecule has 1 unspecified atom stereocenters. The van der Waals surface area contributed by atoms with Crippen LogP contribution in [-0.2, 0) is 21.2 Å². The van der Waals surface area contributed by atoms with Crippen LogP contribution in [0.25, 0.3) is 11.1 Å². The number of nitrogens with one attached hydrogen (secondary N) is 1. The molecule has 6 nitrogen and oxygen atoms in total. The van der Waals surface area contributed by atoms with Gasteiger partial charge in [-0.25, -0.2) is 26.3 Å². The monoisotopic (exact) mass is 486 g/mol. The molecule has 2 aromatic rings. The first kappa shape index (κ1) is 18.9. The number of aliphatic hydroxyl groups is 1. The summed E-state index contributed by atoms with van der Waals surface area (Å²) in [4.78, 5) is 14.0. The molecule has 0 spiro atoms. The Balaban J connectivity index is 1.83. The fourth-order valence-corrected chi connectivity index (χ4v) is 5.70. The molecule has 10 heteroatoms. The summed E-state index contributed by atoms with van der Waals surface area (Å²) in [5.74, 6) is -3.36. The average Bonchev–Trinajstić information content (AvgIpc) is 2.76. The van der Waals surface area contributed by atoms with Crippen LogP contribution in [0, 0.1) is 11.6 Å². The van der Waals surface area contributed by atoms with Gasteiger partial charge in [0.25, 0.3) is 5.91 Å². The summed E-state index contributed by atoms with van der Waals surface area (Å²) < 4.78 is 102. The standard InChI is InChI=1S/C23H25F3N2O4S/c1-13(29)22(30)28-17-11-23(26,12-17)21(27-33(2,31)32)19(28)9-15-8-16(24)10-18(20(15)25)14-6-4-3-5-7-14/h3-8,10,13,17,19,21,27,29H,9,11-12H2,1-2H3/t13?,17?,19-,21+,23?/m0/s1/i1D3,13D. The predicted octanol–water partition coefficient (Wildman–Crippen LogP) is 2.55. The zero-order valence-corrected chi connectivity index (χ0v) is 18.4. The van der Waals surface area contributed by atoms with Crippen LogP contribution in [0.15, 0.2) is 42.5 Å². The van der Waals surface area contributed by atoms with Crippen LogP contribution in [0.1, 0.15) is 30.7 Å². The maximum Gasteiger partial charge on any atom is 0.251 e. The summed E-state index contributed by atoms with van der Waals surface area (Å²) in [5.41, 5.74) is -2.29. The lowest BCUT2D eigenvalue weighted by Gasteiger charge is -2.61. The Kier molecular flexibility index (Phi) is 4.83. The van der Waals surface area contributed by atoms with Gasteiger partial charge in [-0.15, -0.1) is 0 Å². The maximum absolute atomic E-state index is 15.7. The number of hydrogen-bond donors (Lipinski definition) is 2. The molecule has 178 valence electrons. The highest BCUT2D eigenvalue weighted by Crippen LogP contribution is 2.50. The van der Waals surface area contributed by atoms with Crippen molar-refractivity contribution >= 4 is 15.9 Å². The number of nitrogens with zero attached hydrogens (tertiary/aromatic N) is 1. The first-order valence-corrected chi connectivity index (χ1v) is 12.1. The molecule has 1 amide bonds. The molecule has 5 rings (SSSR count). The smallest absolute Gasteiger partial charge is 0.251 e. The van der Waals surface area contributed by atoms with Crippen molar-refractivity contribution in [2.24, 2.45) is 0 Å². The Bertz CT molecular complexity index is 1320. The SMILES string of the molecule is [2H]C([2H])([2H])C([2H])(O)C(=O)N1C2CC(F)(C2)[C@H](NS(C)(=O)=O)[C@@H]1Cc1cc(F)cc(-c2ccccc2)c1F. The van der Waals surface area contributed by atoms with E-state index >= 15 is 8.78 Å². The number of benzene rings is 2. The Morgan fingerprint density at radius 1 is 1.33 bits per heavy atom. The maximum atomic E-state index is 15.7. The van der Waals surface area contributed by atoms with Crippen LogP contribution in [0.5, 0.6) is 0 Å². The van der Waals surface area contributed by atoms with E-state index in [1.54, 1.807) is 18.2 Å². The number of piperidine rings is 2. The van der Waals surface area contributed by atoms with E-state index in [0.29, 0.717) is 5.56 Å². The number of alkyl halides is 1. The lowest BCUT2D eigenvalue weighted by Crippen LogP contribution is -2.77. The van der Waals surface area contributed by atoms with Gasteiger partial charge < -0.3 is 10.0 Å². The first-order chi connectivity index (χ1) is 16.9. The molecular weight excluding hydrogens is 457 g/mol. The average molecular weight is 487 g/mol. The highest BCUT2D eigenvalue weighted by atomic mass is 32.2. The van der Waals surface area contributed by atoms with Gasteiger partial charge in [-0.1, -0.05) is 30.3 Å². The van der Waals surface area contributed by atoms with Gasteiger partial charge in [-0.05, 0) is 36.5 Å². The molecule has 2 aromatic carbocycles. The van der Waals surface area contributed by atoms with E-state index in [-0.39, 0.29) is 24.0 Å². The van der Waals surface area contributed by atoms with Crippen molar-refractivity contribution < 1.29 is 37.0 Å². The van der Waals surface area contributed by atoms with Crippen LogP contribution in [-0.4, -0.2) is 60.5 Å². The van der Waals surface area contributed by atoms with E-state index in [4.69, 9.17) is 5.48 Å². The van der Waals surface area contributed by atoms with E-state index in [0.717, 1.165) is 23.3 Å². The van der Waals surface area contributed by atoms with Crippen LogP contribution in [0.4, 0.5) is 13.2 Å². The predicted molar refractivity (Wildman–Crippen MR) is 116 cm³/mol. The molecule has 0 aromatic heterocycles. The molecule has 2 bridgehead atoms. The zero-order valence-electron chi connectivity index (χ0n) is 21.6. The fourth-order valence-electron chi connectivity index (χ4n) is 4.87. The molecule has 0 radical (unpaired) electrons. The third-order valence-electron chi connectivity index (χ3n) is 6.25. The molecule has 33 heavy (non-hydrogen) atoms. The van der Waals surface area contributed by atoms with E-state index in [2.05, 4.69) is 4.72 Å². The minimum Gasteiger partial charge on any atom is -0.384 e. The summed E-state index contributed by atoms with van der Waals surface area (Å²) in [6.07, 6.45) is -4.28. The van der Waals surface area contributed by atoms with Gasteiger partial charge in [-0.3, -0.25) is 4.79 Å². The fraction of sp³-hybridized carbons (Fsp3) is 0.435. The Morgan fingerprint density at radius 3 is 2.61 bits per heavy atom. The van der Waals surface area contributed by atoms with Gasteiger partial charge in [0.2, 0.25) is 10.0 Å². The number of rotatable bonds is 6. The van der Waals surface area contributed by atoms with Crippen molar-refractivity contribution in [1.82, 2.24) is 9.62 Å². The number of halogens is 3. The molecular formula is C23H25F3N2O4S. The van der Waals surface area contributed by atoms with Crippen molar-refractivity contribution in [3.05, 3.63) is 59.7 Å². The highest BCUT2D eigenvalue weighted by Gasteiger charge is 2.63. The lowest BCUT2D eigenvalue weighted by atomic mass is 9.64. The number of amides is 1. The Hall–Kier alpha value is -2.43. The Morgan fingerprint density at radius 2 is 2.00 bits per heavy atom. The van der Waals surface area contributed by atoms with Gasteiger partial charge in [0.1, 0.15) is 23.4 Å². The van der Waals surface area contributed by atoms with E-state index in [1.807, 2.05) is 0 Å². The molecule has 2 N–H and O–H groups in total. The second-order valence-electron chi connectivity index (χ2n) is 8.59. The van der Waals surface area contributed by atoms with Crippen LogP contribution < -0.4 is 4.72 Å². The number of carbonyl (C=O) groups is 1. The summed E-state index contributed by atoms with van der Waals surface area (Å²) in [5, 5.41) is 10.3. The summed E-state index contributed by atoms with van der Waals surface area (Å²) in [6.45, 7) is -3.49. The van der Waals surface area contributed by atoms with Gasteiger partial charge >= 0.3 is 0 Å². The van der Waals surface area contributed by atoms with E-state index in [1.165, 1.54) is 12.1 Å². The van der Waals surface area contributed by atoms with Gasteiger partial charge in [0.15, 0.2) is 0 Å². The third-order valence-corrected chi connectivity index (χ3v) is 6.93. The van der Waals surface area contributed by atoms with Crippen LogP contribution >= 0.6 is 0 Å². The normalized spacial score (nSPS) is 30.8. The van der Waals surface area contributed by atoms with Gasteiger partial charge in [-0.2, -0.15) is 0 Å². The van der Waals surface area contributed by atoms with Gasteiger partial charge in [0, 0.05) is 28.6 Å². The number of fused-ring (bicyclic) bond motifs is 2. The third kappa shape index (κ3) is 4.51. The molecule has 2 aliphatic heterocycles. The van der Waals surface area contributed by atoms with Crippen molar-refractivity contribution in [3.8, 4) is 11.1 Å². The number of sulfonamides is 1. The molecule has 1 saturated carbocycles. The molecule has 3 aliphatic rings. The highest BCUT2D eigenvalue weighted by molar-refractivity contribution is 7.88. The minimum atomic E-state index is -4.09. The minimum absolute atomic E-state index is 0.128. The van der Waals surface area contributed by atoms with Crippen LogP contribution in [0.2, 0.25) is 0 Å². The number of hydrogen-bond acceptors (Lipinski definition) is 4. The van der Waals surface area contributed by atoms with Crippen LogP contribution in [0.3, 0.4) is 0 Å². The second kappa shape index (κ2) is 8.41. The number of carbonyl (C=O) groups excluding carboxylic acids is 1. The molecule has 2 heterocycles. The summed E-state index contributed by atoms with van der Waals surface area (Å²) >= 11 is 0. The second-order valence-corrected chi connectivity index (χ2v) is 10.4. The first-order valence-electron chi connectivity index (χ1n) is 12.2. The zero-order chi connectivity index (χ0) is 27.6. The van der Waals surface area contributed by atoms with E-state index in [9.17, 15) is 22.7 Å². The Labute approximate surface area is 196 Å². The van der Waals surface area contributed by atoms with Crippen molar-refractivity contribution in [3.63, 3.8) is 0 Å². The quantitative estimate of drug-likeness (QED) is 0.657. The molecule has 3 atom stereocenters. The molecule has 2 saturated heterocycles. The summed E-state index contributed by atoms with van der Waals surface area (Å²) in [7, 11) is -4.09. The largest absolute Gasteiger partial charge is 0.384 e. The lowest BCUT2D eigenvalue weighted by molar-refractivity contribution is -0.174. The van der Waals surface area contributed by atoms with Crippen molar-refractivity contribution in [1.29, 1.82) is 0 Å². The molecule has 1 aliphatic carbocycles. The van der Waals surface area contributed by atoms with Gasteiger partial charge in [0.05, 0.1) is 19.7 Å². The summed E-state index contributed by atoms with van der Waals surface area (Å²) in [6, 6.07) is 5.51.